The van der Waals surface area contributed by atoms with Crippen LogP contribution in [-0.2, 0) is 24.9 Å². The van der Waals surface area contributed by atoms with Crippen LogP contribution in [0.4, 0.5) is 0 Å². The van der Waals surface area contributed by atoms with Gasteiger partial charge >= 0.3 is 0 Å². The molecule has 32 heavy (non-hydrogen) atoms. The Kier molecular flexibility index (Phi) is 5.77. The van der Waals surface area contributed by atoms with E-state index in [4.69, 9.17) is 0 Å². The highest BCUT2D eigenvalue weighted by Crippen LogP contribution is 2.28. The van der Waals surface area contributed by atoms with Crippen LogP contribution in [0, 0.1) is 0 Å². The standard InChI is InChI=1S/C26H29N5O/c1-28-18-21(17-27-28)19-29-12-7-13-30(15-14-29)26(32)20-31-24-11-6-5-10-23(24)16-25(31)22-8-3-2-4-9-22/h2-6,8-11,16-18H,7,12-15,19-20H2,1H3. The molecule has 3 heterocycles. The molecule has 6 nitrogen and oxygen atoms in total. The van der Waals surface area contributed by atoms with Crippen LogP contribution >= 0.6 is 0 Å². The van der Waals surface area contributed by atoms with E-state index in [0.29, 0.717) is 6.54 Å². The molecule has 6 heteroatoms. The van der Waals surface area contributed by atoms with Gasteiger partial charge in [-0.3, -0.25) is 14.4 Å². The smallest absolute Gasteiger partial charge is 0.242 e. The molecule has 0 atom stereocenters. The summed E-state index contributed by atoms with van der Waals surface area (Å²) in [7, 11) is 1.95. The Hall–Kier alpha value is -3.38. The van der Waals surface area contributed by atoms with Gasteiger partial charge in [0.2, 0.25) is 5.91 Å². The molecule has 1 aliphatic rings. The van der Waals surface area contributed by atoms with E-state index >= 15 is 0 Å². The fraction of sp³-hybridized carbons (Fsp3) is 0.308. The van der Waals surface area contributed by atoms with Gasteiger partial charge in [0.05, 0.1) is 6.20 Å². The summed E-state index contributed by atoms with van der Waals surface area (Å²) < 4.78 is 4.01. The van der Waals surface area contributed by atoms with Gasteiger partial charge in [-0.25, -0.2) is 0 Å². The topological polar surface area (TPSA) is 46.3 Å². The maximum absolute atomic E-state index is 13.4. The Bertz CT molecular complexity index is 1210. The summed E-state index contributed by atoms with van der Waals surface area (Å²) in [6.45, 7) is 4.71. The average molecular weight is 428 g/mol. The molecule has 0 unspecified atom stereocenters. The van der Waals surface area contributed by atoms with Crippen molar-refractivity contribution in [2.45, 2.75) is 19.5 Å². The predicted octanol–water partition coefficient (Wildman–Crippen LogP) is 3.78. The third kappa shape index (κ3) is 4.32. The maximum atomic E-state index is 13.4. The number of amides is 1. The maximum Gasteiger partial charge on any atom is 0.242 e. The SMILES string of the molecule is Cn1cc(CN2CCCN(C(=O)Cn3c(-c4ccccc4)cc4ccccc43)CC2)cn1. The van der Waals surface area contributed by atoms with Crippen molar-refractivity contribution in [3.8, 4) is 11.3 Å². The lowest BCUT2D eigenvalue weighted by atomic mass is 10.1. The Balaban J connectivity index is 1.33. The van der Waals surface area contributed by atoms with E-state index in [1.54, 1.807) is 0 Å². The summed E-state index contributed by atoms with van der Waals surface area (Å²) in [6.07, 6.45) is 4.98. The van der Waals surface area contributed by atoms with Crippen LogP contribution in [-0.4, -0.2) is 56.2 Å². The van der Waals surface area contributed by atoms with Gasteiger partial charge in [0.25, 0.3) is 0 Å². The van der Waals surface area contributed by atoms with Crippen LogP contribution < -0.4 is 0 Å². The first-order chi connectivity index (χ1) is 15.7. The molecule has 1 saturated heterocycles. The summed E-state index contributed by atoms with van der Waals surface area (Å²) in [6, 6.07) is 20.8. The molecular weight excluding hydrogens is 398 g/mol. The minimum absolute atomic E-state index is 0.187. The number of aryl methyl sites for hydroxylation is 1. The van der Waals surface area contributed by atoms with Gasteiger partial charge in [-0.05, 0) is 24.1 Å². The number of rotatable bonds is 5. The highest BCUT2D eigenvalue weighted by molar-refractivity contribution is 5.89. The number of carbonyl (C=O) groups is 1. The lowest BCUT2D eigenvalue weighted by Crippen LogP contribution is -2.37. The number of para-hydroxylation sites is 1. The molecule has 1 fully saturated rings. The van der Waals surface area contributed by atoms with E-state index in [1.165, 1.54) is 5.56 Å². The van der Waals surface area contributed by atoms with Crippen LogP contribution in [0.15, 0.2) is 73.1 Å². The van der Waals surface area contributed by atoms with Crippen molar-refractivity contribution >= 4 is 16.8 Å². The van der Waals surface area contributed by atoms with Crippen molar-refractivity contribution < 1.29 is 4.79 Å². The van der Waals surface area contributed by atoms with Gasteiger partial charge in [-0.15, -0.1) is 0 Å². The van der Waals surface area contributed by atoms with E-state index in [-0.39, 0.29) is 5.91 Å². The zero-order valence-corrected chi connectivity index (χ0v) is 18.5. The normalized spacial score (nSPS) is 15.2. The third-order valence-electron chi connectivity index (χ3n) is 6.28. The quantitative estimate of drug-likeness (QED) is 0.487. The van der Waals surface area contributed by atoms with Crippen molar-refractivity contribution in [3.05, 3.63) is 78.6 Å². The van der Waals surface area contributed by atoms with Crippen molar-refractivity contribution in [1.82, 2.24) is 24.1 Å². The molecule has 2 aromatic carbocycles. The average Bonchev–Trinajstić information content (AvgIpc) is 3.30. The van der Waals surface area contributed by atoms with E-state index in [0.717, 1.165) is 61.3 Å². The highest BCUT2D eigenvalue weighted by atomic mass is 16.2. The molecule has 5 rings (SSSR count). The largest absolute Gasteiger partial charge is 0.340 e. The Morgan fingerprint density at radius 3 is 2.59 bits per heavy atom. The predicted molar refractivity (Wildman–Crippen MR) is 127 cm³/mol. The van der Waals surface area contributed by atoms with Gasteiger partial charge in [-0.2, -0.15) is 5.10 Å². The summed E-state index contributed by atoms with van der Waals surface area (Å²) in [5, 5.41) is 5.44. The first kappa shape index (κ1) is 20.5. The molecule has 0 radical (unpaired) electrons. The number of hydrogen-bond donors (Lipinski definition) is 0. The second kappa shape index (κ2) is 9.01. The number of benzene rings is 2. The molecule has 0 saturated carbocycles. The van der Waals surface area contributed by atoms with Gasteiger partial charge in [0, 0.05) is 68.1 Å². The first-order valence-corrected chi connectivity index (χ1v) is 11.3. The molecule has 0 aliphatic carbocycles. The molecule has 0 bridgehead atoms. The van der Waals surface area contributed by atoms with E-state index in [9.17, 15) is 4.79 Å². The molecule has 164 valence electrons. The van der Waals surface area contributed by atoms with Crippen LogP contribution in [0.3, 0.4) is 0 Å². The van der Waals surface area contributed by atoms with Crippen molar-refractivity contribution in [3.63, 3.8) is 0 Å². The second-order valence-electron chi connectivity index (χ2n) is 8.57. The van der Waals surface area contributed by atoms with Crippen molar-refractivity contribution in [2.24, 2.45) is 7.05 Å². The van der Waals surface area contributed by atoms with Gasteiger partial charge in [-0.1, -0.05) is 48.5 Å². The summed E-state index contributed by atoms with van der Waals surface area (Å²) >= 11 is 0. The summed E-state index contributed by atoms with van der Waals surface area (Å²) in [5.41, 5.74) is 4.55. The third-order valence-corrected chi connectivity index (χ3v) is 6.28. The zero-order valence-electron chi connectivity index (χ0n) is 18.5. The lowest BCUT2D eigenvalue weighted by molar-refractivity contribution is -0.131. The molecular formula is C26H29N5O. The van der Waals surface area contributed by atoms with Crippen molar-refractivity contribution in [2.75, 3.05) is 26.2 Å². The summed E-state index contributed by atoms with van der Waals surface area (Å²) in [4.78, 5) is 17.8. The molecule has 1 aliphatic heterocycles. The minimum Gasteiger partial charge on any atom is -0.340 e. The second-order valence-corrected chi connectivity index (χ2v) is 8.57. The number of hydrogen-bond acceptors (Lipinski definition) is 3. The van der Waals surface area contributed by atoms with Crippen molar-refractivity contribution in [1.29, 1.82) is 0 Å². The van der Waals surface area contributed by atoms with E-state index in [2.05, 4.69) is 57.2 Å². The fourth-order valence-corrected chi connectivity index (χ4v) is 4.65. The van der Waals surface area contributed by atoms with Gasteiger partial charge < -0.3 is 9.47 Å². The number of fused-ring (bicyclic) bond motifs is 1. The number of carbonyl (C=O) groups excluding carboxylic acids is 1. The Morgan fingerprint density at radius 2 is 1.78 bits per heavy atom. The molecule has 2 aromatic heterocycles. The lowest BCUT2D eigenvalue weighted by Gasteiger charge is -2.23. The van der Waals surface area contributed by atoms with Crippen LogP contribution in [0.25, 0.3) is 22.2 Å². The van der Waals surface area contributed by atoms with Gasteiger partial charge in [0.15, 0.2) is 0 Å². The first-order valence-electron chi connectivity index (χ1n) is 11.3. The van der Waals surface area contributed by atoms with E-state index < -0.39 is 0 Å². The number of aromatic nitrogens is 3. The van der Waals surface area contributed by atoms with E-state index in [1.807, 2.05) is 47.1 Å². The molecule has 4 aromatic rings. The molecule has 0 spiro atoms. The zero-order chi connectivity index (χ0) is 21.9. The van der Waals surface area contributed by atoms with Crippen LogP contribution in [0.5, 0.6) is 0 Å². The number of nitrogens with zero attached hydrogens (tertiary/aromatic N) is 5. The Morgan fingerprint density at radius 1 is 0.969 bits per heavy atom. The summed E-state index contributed by atoms with van der Waals surface area (Å²) in [5.74, 6) is 0.187. The van der Waals surface area contributed by atoms with Crippen LogP contribution in [0.2, 0.25) is 0 Å². The van der Waals surface area contributed by atoms with Gasteiger partial charge in [0.1, 0.15) is 6.54 Å². The fourth-order valence-electron chi connectivity index (χ4n) is 4.65. The molecule has 1 amide bonds. The highest BCUT2D eigenvalue weighted by Gasteiger charge is 2.21. The molecule has 0 N–H and O–H groups in total. The minimum atomic E-state index is 0.187. The monoisotopic (exact) mass is 427 g/mol. The van der Waals surface area contributed by atoms with Crippen LogP contribution in [0.1, 0.15) is 12.0 Å². The Labute approximate surface area is 188 Å².